The summed E-state index contributed by atoms with van der Waals surface area (Å²) in [6, 6.07) is 3.24. The van der Waals surface area contributed by atoms with Crippen LogP contribution in [0.1, 0.15) is 11.3 Å². The van der Waals surface area contributed by atoms with Crippen molar-refractivity contribution in [2.45, 2.75) is 25.0 Å². The lowest BCUT2D eigenvalue weighted by molar-refractivity contribution is -0.187. The lowest BCUT2D eigenvalue weighted by Gasteiger charge is -2.40. The summed E-state index contributed by atoms with van der Waals surface area (Å²) in [5.41, 5.74) is -1.40. The van der Waals surface area contributed by atoms with Crippen LogP contribution in [0.4, 0.5) is 36.4 Å². The van der Waals surface area contributed by atoms with Crippen molar-refractivity contribution in [3.05, 3.63) is 57.9 Å². The fourth-order valence-electron chi connectivity index (χ4n) is 3.47. The molecule has 1 aromatic carbocycles. The van der Waals surface area contributed by atoms with Crippen LogP contribution in [0.25, 0.3) is 11.3 Å². The normalized spacial score (nSPS) is 14.9. The van der Waals surface area contributed by atoms with Crippen LogP contribution in [0.3, 0.4) is 0 Å². The van der Waals surface area contributed by atoms with E-state index in [2.05, 4.69) is 15.4 Å². The van der Waals surface area contributed by atoms with Gasteiger partial charge in [0.1, 0.15) is 18.1 Å². The summed E-state index contributed by atoms with van der Waals surface area (Å²) in [7, 11) is 1.47. The number of rotatable bonds is 6. The van der Waals surface area contributed by atoms with Gasteiger partial charge in [0.2, 0.25) is 0 Å². The first-order valence-corrected chi connectivity index (χ1v) is 10.1. The third-order valence-electron chi connectivity index (χ3n) is 5.34. The van der Waals surface area contributed by atoms with E-state index < -0.39 is 42.0 Å². The summed E-state index contributed by atoms with van der Waals surface area (Å²) >= 11 is 0. The van der Waals surface area contributed by atoms with Crippen LogP contribution in [0.2, 0.25) is 0 Å². The Hall–Kier alpha value is -3.49. The molecule has 0 amide bonds. The first kappa shape index (κ1) is 24.6. The summed E-state index contributed by atoms with van der Waals surface area (Å²) in [6.07, 6.45) is -8.43. The molecule has 0 bridgehead atoms. The molecule has 3 aromatic rings. The Morgan fingerprint density at radius 3 is 2.43 bits per heavy atom. The molecule has 35 heavy (non-hydrogen) atoms. The molecule has 0 atom stereocenters. The number of benzene rings is 1. The van der Waals surface area contributed by atoms with E-state index in [-0.39, 0.29) is 36.6 Å². The van der Waals surface area contributed by atoms with Gasteiger partial charge in [-0.25, -0.2) is 13.8 Å². The number of anilines is 1. The average molecular weight is 506 g/mol. The Kier molecular flexibility index (Phi) is 6.29. The van der Waals surface area contributed by atoms with Gasteiger partial charge in [-0.1, -0.05) is 5.21 Å². The molecule has 8 nitrogen and oxygen atoms in total. The van der Waals surface area contributed by atoms with E-state index in [1.54, 1.807) is 4.90 Å². The van der Waals surface area contributed by atoms with Crippen molar-refractivity contribution < 1.29 is 35.5 Å². The quantitative estimate of drug-likeness (QED) is 0.479. The van der Waals surface area contributed by atoms with E-state index in [0.29, 0.717) is 11.8 Å². The van der Waals surface area contributed by atoms with Crippen LogP contribution >= 0.6 is 0 Å². The maximum Gasteiger partial charge on any atom is 0.416 e. The van der Waals surface area contributed by atoms with Crippen molar-refractivity contribution in [2.24, 2.45) is 7.05 Å². The van der Waals surface area contributed by atoms with Gasteiger partial charge in [-0.15, -0.1) is 5.10 Å². The second kappa shape index (κ2) is 8.94. The van der Waals surface area contributed by atoms with Crippen LogP contribution < -0.4 is 10.5 Å². The molecule has 1 fully saturated rings. The summed E-state index contributed by atoms with van der Waals surface area (Å²) in [6.45, 7) is -1.25. The van der Waals surface area contributed by atoms with Crippen LogP contribution in [0.15, 0.2) is 35.3 Å². The minimum absolute atomic E-state index is 0.0519. The highest BCUT2D eigenvalue weighted by Crippen LogP contribution is 2.33. The Morgan fingerprint density at radius 1 is 1.11 bits per heavy atom. The van der Waals surface area contributed by atoms with Gasteiger partial charge in [0.25, 0.3) is 5.56 Å². The van der Waals surface area contributed by atoms with Gasteiger partial charge in [-0.05, 0) is 18.2 Å². The Balaban J connectivity index is 1.50. The van der Waals surface area contributed by atoms with Crippen molar-refractivity contribution in [1.82, 2.24) is 24.8 Å². The first-order valence-electron chi connectivity index (χ1n) is 10.1. The first-order chi connectivity index (χ1) is 16.3. The van der Waals surface area contributed by atoms with Crippen LogP contribution in [0, 0.1) is 5.82 Å². The fraction of sp³-hybridized carbons (Fsp3) is 0.400. The van der Waals surface area contributed by atoms with Crippen LogP contribution in [-0.2, 0) is 24.5 Å². The second-order valence-corrected chi connectivity index (χ2v) is 7.86. The highest BCUT2D eigenvalue weighted by molar-refractivity contribution is 5.62. The predicted molar refractivity (Wildman–Crippen MR) is 107 cm³/mol. The summed E-state index contributed by atoms with van der Waals surface area (Å²) in [5, 5.41) is 11.6. The number of nitrogens with zero attached hydrogens (tertiary/aromatic N) is 6. The van der Waals surface area contributed by atoms with Gasteiger partial charge in [-0.3, -0.25) is 4.79 Å². The highest BCUT2D eigenvalue weighted by Gasteiger charge is 2.34. The number of aromatic nitrogens is 5. The van der Waals surface area contributed by atoms with Gasteiger partial charge in [-0.2, -0.15) is 31.4 Å². The van der Waals surface area contributed by atoms with Gasteiger partial charge < -0.3 is 9.64 Å². The third kappa shape index (κ3) is 5.44. The molecule has 15 heteroatoms. The van der Waals surface area contributed by atoms with Crippen molar-refractivity contribution in [2.75, 3.05) is 24.6 Å². The zero-order chi connectivity index (χ0) is 25.5. The average Bonchev–Trinajstić information content (AvgIpc) is 3.07. The van der Waals surface area contributed by atoms with Crippen LogP contribution in [0.5, 0.6) is 0 Å². The maximum absolute atomic E-state index is 14.5. The molecule has 4 rings (SSSR count). The van der Waals surface area contributed by atoms with E-state index in [9.17, 15) is 35.5 Å². The Morgan fingerprint density at radius 2 is 1.83 bits per heavy atom. The van der Waals surface area contributed by atoms with Crippen molar-refractivity contribution in [3.8, 4) is 11.3 Å². The Bertz CT molecular complexity index is 1280. The van der Waals surface area contributed by atoms with Crippen molar-refractivity contribution >= 4 is 5.69 Å². The number of alkyl halides is 6. The van der Waals surface area contributed by atoms with Gasteiger partial charge >= 0.3 is 12.4 Å². The van der Waals surface area contributed by atoms with Crippen LogP contribution in [-0.4, -0.2) is 56.8 Å². The predicted octanol–water partition coefficient (Wildman–Crippen LogP) is 3.01. The van der Waals surface area contributed by atoms with Crippen molar-refractivity contribution in [1.29, 1.82) is 0 Å². The monoisotopic (exact) mass is 506 g/mol. The topological polar surface area (TPSA) is 78.1 Å². The van der Waals surface area contributed by atoms with E-state index in [0.717, 1.165) is 16.8 Å². The third-order valence-corrected chi connectivity index (χ3v) is 5.34. The number of hydrogen-bond acceptors (Lipinski definition) is 6. The molecule has 0 N–H and O–H groups in total. The molecule has 3 heterocycles. The number of aryl methyl sites for hydroxylation is 1. The van der Waals surface area contributed by atoms with Crippen molar-refractivity contribution in [3.63, 3.8) is 0 Å². The summed E-state index contributed by atoms with van der Waals surface area (Å²) in [5.74, 6) is -1.16. The second-order valence-electron chi connectivity index (χ2n) is 7.86. The summed E-state index contributed by atoms with van der Waals surface area (Å²) in [4.78, 5) is 14.2. The zero-order valence-electron chi connectivity index (χ0n) is 17.9. The number of ether oxygens (including phenoxy) is 1. The number of hydrogen-bond donors (Lipinski definition) is 0. The molecule has 0 aliphatic carbocycles. The molecule has 1 aliphatic rings. The SMILES string of the molecule is Cn1nnc(-c2ccc(C(F)(F)F)cc2F)c1Cn1ncc(N2CC(OCC(F)(F)F)C2)cc1=O. The molecular weight excluding hydrogens is 489 g/mol. The minimum Gasteiger partial charge on any atom is -0.365 e. The highest BCUT2D eigenvalue weighted by atomic mass is 19.4. The molecule has 2 aromatic heterocycles. The standard InChI is InChI=1S/C20H17F7N6O2/c1-31-16(18(29-30-31)14-3-2-11(4-15(14)21)20(25,26)27)9-33-17(34)5-12(6-28-33)32-7-13(8-32)35-10-19(22,23)24/h2-6,13H,7-10H2,1H3. The van der Waals surface area contributed by atoms with E-state index >= 15 is 0 Å². The van der Waals surface area contributed by atoms with E-state index in [4.69, 9.17) is 4.74 Å². The van der Waals surface area contributed by atoms with Gasteiger partial charge in [0.15, 0.2) is 0 Å². The smallest absolute Gasteiger partial charge is 0.365 e. The molecule has 0 spiro atoms. The largest absolute Gasteiger partial charge is 0.416 e. The molecule has 0 radical (unpaired) electrons. The molecule has 1 saturated heterocycles. The van der Waals surface area contributed by atoms with Gasteiger partial charge in [0.05, 0.1) is 35.8 Å². The lowest BCUT2D eigenvalue weighted by atomic mass is 10.1. The minimum atomic E-state index is -4.72. The summed E-state index contributed by atoms with van der Waals surface area (Å²) < 4.78 is 96.7. The zero-order valence-corrected chi connectivity index (χ0v) is 17.9. The fourth-order valence-corrected chi connectivity index (χ4v) is 3.47. The van der Waals surface area contributed by atoms with Gasteiger partial charge in [0, 0.05) is 31.8 Å². The van der Waals surface area contributed by atoms with E-state index in [1.807, 2.05) is 0 Å². The lowest BCUT2D eigenvalue weighted by Crippen LogP contribution is -2.53. The Labute approximate surface area is 192 Å². The molecular formula is C20H17F7N6O2. The molecule has 1 aliphatic heterocycles. The molecule has 0 unspecified atom stereocenters. The maximum atomic E-state index is 14.5. The van der Waals surface area contributed by atoms with E-state index in [1.165, 1.54) is 24.0 Å². The molecule has 188 valence electrons. The molecule has 0 saturated carbocycles. The number of halogens is 7.